The van der Waals surface area contributed by atoms with E-state index in [1.54, 1.807) is 7.11 Å². The second kappa shape index (κ2) is 9.12. The molecule has 0 fully saturated rings. The molecule has 3 aromatic carbocycles. The van der Waals surface area contributed by atoms with Crippen LogP contribution in [0.4, 0.5) is 17.1 Å². The Morgan fingerprint density at radius 1 is 0.567 bits per heavy atom. The van der Waals surface area contributed by atoms with Crippen molar-refractivity contribution in [3.05, 3.63) is 83.4 Å². The normalized spacial score (nSPS) is 10.8. The second-order valence-corrected chi connectivity index (χ2v) is 8.23. The van der Waals surface area contributed by atoms with E-state index in [0.29, 0.717) is 0 Å². The van der Waals surface area contributed by atoms with E-state index >= 15 is 0 Å². The van der Waals surface area contributed by atoms with E-state index in [4.69, 9.17) is 4.74 Å². The second-order valence-electron chi connectivity index (χ2n) is 8.23. The van der Waals surface area contributed by atoms with E-state index in [1.807, 2.05) is 14.1 Å². The monoisotopic (exact) mass is 403 g/mol. The van der Waals surface area contributed by atoms with Gasteiger partial charge in [-0.05, 0) is 41.5 Å². The van der Waals surface area contributed by atoms with Gasteiger partial charge in [-0.1, -0.05) is 30.3 Å². The predicted octanol–water partition coefficient (Wildman–Crippen LogP) is 5.07. The number of methoxy groups -OCH3 is 1. The summed E-state index contributed by atoms with van der Waals surface area (Å²) in [4.78, 5) is 6.34. The maximum absolute atomic E-state index is 5.84. The lowest BCUT2D eigenvalue weighted by Crippen LogP contribution is -2.12. The average molecular weight is 404 g/mol. The van der Waals surface area contributed by atoms with E-state index in [-0.39, 0.29) is 5.92 Å². The van der Waals surface area contributed by atoms with Gasteiger partial charge in [0.05, 0.1) is 7.11 Å². The molecule has 0 atom stereocenters. The van der Waals surface area contributed by atoms with E-state index in [1.165, 1.54) is 28.1 Å². The molecule has 0 radical (unpaired) electrons. The Bertz CT molecular complexity index is 909. The van der Waals surface area contributed by atoms with Crippen molar-refractivity contribution in [3.8, 4) is 5.75 Å². The fourth-order valence-electron chi connectivity index (χ4n) is 3.70. The summed E-state index contributed by atoms with van der Waals surface area (Å²) in [5.74, 6) is 0.989. The summed E-state index contributed by atoms with van der Waals surface area (Å²) in [6, 6.07) is 24.1. The van der Waals surface area contributed by atoms with Crippen molar-refractivity contribution in [2.45, 2.75) is 5.92 Å². The largest absolute Gasteiger partial charge is 0.496 e. The molecule has 0 N–H and O–H groups in total. The molecule has 4 heteroatoms. The van der Waals surface area contributed by atoms with Crippen LogP contribution in [-0.2, 0) is 0 Å². The number of benzene rings is 3. The lowest BCUT2D eigenvalue weighted by molar-refractivity contribution is 0.409. The topological polar surface area (TPSA) is 19.0 Å². The van der Waals surface area contributed by atoms with E-state index in [2.05, 4.69) is 110 Å². The molecule has 0 aromatic heterocycles. The van der Waals surface area contributed by atoms with Crippen molar-refractivity contribution in [2.75, 3.05) is 64.1 Å². The molecule has 0 bridgehead atoms. The van der Waals surface area contributed by atoms with Crippen molar-refractivity contribution in [1.82, 2.24) is 0 Å². The number of rotatable bonds is 7. The third kappa shape index (κ3) is 4.54. The summed E-state index contributed by atoms with van der Waals surface area (Å²) in [5.41, 5.74) is 7.16. The zero-order chi connectivity index (χ0) is 21.8. The lowest BCUT2D eigenvalue weighted by Gasteiger charge is -2.24. The number of nitrogens with zero attached hydrogens (tertiary/aromatic N) is 3. The first kappa shape index (κ1) is 21.6. The molecule has 0 amide bonds. The average Bonchev–Trinajstić information content (AvgIpc) is 2.74. The van der Waals surface area contributed by atoms with Crippen molar-refractivity contribution < 1.29 is 4.74 Å². The van der Waals surface area contributed by atoms with Crippen LogP contribution in [0.1, 0.15) is 22.6 Å². The molecule has 0 unspecified atom stereocenters. The van der Waals surface area contributed by atoms with Crippen molar-refractivity contribution in [3.63, 3.8) is 0 Å². The molecular formula is C26H33N3O. The highest BCUT2D eigenvalue weighted by atomic mass is 16.5. The van der Waals surface area contributed by atoms with Crippen LogP contribution in [0.5, 0.6) is 5.75 Å². The maximum atomic E-state index is 5.84. The molecule has 3 aromatic rings. The fourth-order valence-corrected chi connectivity index (χ4v) is 3.70. The molecule has 0 spiro atoms. The highest BCUT2D eigenvalue weighted by Crippen LogP contribution is 2.39. The molecule has 0 heterocycles. The quantitative estimate of drug-likeness (QED) is 0.513. The first-order valence-corrected chi connectivity index (χ1v) is 10.2. The minimum absolute atomic E-state index is 0.0867. The van der Waals surface area contributed by atoms with Gasteiger partial charge in [0.15, 0.2) is 0 Å². The molecular weight excluding hydrogens is 370 g/mol. The summed E-state index contributed by atoms with van der Waals surface area (Å²) in [6.45, 7) is 0. The highest BCUT2D eigenvalue weighted by molar-refractivity contribution is 5.59. The predicted molar refractivity (Wildman–Crippen MR) is 130 cm³/mol. The van der Waals surface area contributed by atoms with Crippen LogP contribution in [0.2, 0.25) is 0 Å². The van der Waals surface area contributed by atoms with Gasteiger partial charge in [-0.3, -0.25) is 0 Å². The van der Waals surface area contributed by atoms with Crippen LogP contribution in [0.15, 0.2) is 66.7 Å². The molecule has 4 nitrogen and oxygen atoms in total. The zero-order valence-electron chi connectivity index (χ0n) is 19.2. The smallest absolute Gasteiger partial charge is 0.125 e. The van der Waals surface area contributed by atoms with Crippen LogP contribution in [0.25, 0.3) is 0 Å². The highest BCUT2D eigenvalue weighted by Gasteiger charge is 2.21. The Morgan fingerprint density at radius 2 is 0.967 bits per heavy atom. The molecule has 0 aliphatic carbocycles. The van der Waals surface area contributed by atoms with Crippen LogP contribution in [-0.4, -0.2) is 49.4 Å². The molecule has 3 rings (SSSR count). The van der Waals surface area contributed by atoms with Gasteiger partial charge in [-0.25, -0.2) is 0 Å². The van der Waals surface area contributed by atoms with E-state index in [9.17, 15) is 0 Å². The standard InChI is InChI=1S/C26H33N3O/c1-27(2)21-12-8-19(9-13-21)26(20-10-14-22(15-11-20)28(3)4)24-17-16-23(29(5)6)18-25(24)30-7/h8-18,26H,1-7H3. The van der Waals surface area contributed by atoms with Crippen molar-refractivity contribution in [2.24, 2.45) is 0 Å². The fraction of sp³-hybridized carbons (Fsp3) is 0.308. The van der Waals surface area contributed by atoms with E-state index < -0.39 is 0 Å². The summed E-state index contributed by atoms with van der Waals surface area (Å²) in [7, 11) is 14.1. The van der Waals surface area contributed by atoms with Crippen LogP contribution >= 0.6 is 0 Å². The van der Waals surface area contributed by atoms with Gasteiger partial charge in [-0.15, -0.1) is 0 Å². The Kier molecular flexibility index (Phi) is 6.56. The minimum atomic E-state index is 0.0867. The number of hydrogen-bond donors (Lipinski definition) is 0. The summed E-state index contributed by atoms with van der Waals surface area (Å²) in [5, 5.41) is 0. The van der Waals surface area contributed by atoms with Gasteiger partial charge in [0.25, 0.3) is 0 Å². The Balaban J connectivity index is 2.14. The van der Waals surface area contributed by atoms with Crippen LogP contribution < -0.4 is 19.4 Å². The van der Waals surface area contributed by atoms with Gasteiger partial charge in [-0.2, -0.15) is 0 Å². The Hall–Kier alpha value is -3.14. The molecule has 0 saturated heterocycles. The molecule has 158 valence electrons. The number of ether oxygens (including phenoxy) is 1. The SMILES string of the molecule is COc1cc(N(C)C)ccc1C(c1ccc(N(C)C)cc1)c1ccc(N(C)C)cc1. The van der Waals surface area contributed by atoms with Gasteiger partial charge in [0, 0.05) is 76.9 Å². The van der Waals surface area contributed by atoms with Crippen LogP contribution in [0.3, 0.4) is 0 Å². The summed E-state index contributed by atoms with van der Waals surface area (Å²) in [6.07, 6.45) is 0. The third-order valence-corrected chi connectivity index (χ3v) is 5.53. The summed E-state index contributed by atoms with van der Waals surface area (Å²) < 4.78 is 5.84. The number of anilines is 3. The maximum Gasteiger partial charge on any atom is 0.125 e. The molecule has 0 aliphatic heterocycles. The lowest BCUT2D eigenvalue weighted by atomic mass is 9.84. The van der Waals surface area contributed by atoms with Crippen molar-refractivity contribution >= 4 is 17.1 Å². The summed E-state index contributed by atoms with van der Waals surface area (Å²) >= 11 is 0. The number of hydrogen-bond acceptors (Lipinski definition) is 4. The van der Waals surface area contributed by atoms with Crippen LogP contribution in [0, 0.1) is 0 Å². The van der Waals surface area contributed by atoms with Crippen molar-refractivity contribution in [1.29, 1.82) is 0 Å². The van der Waals surface area contributed by atoms with Gasteiger partial charge >= 0.3 is 0 Å². The molecule has 30 heavy (non-hydrogen) atoms. The minimum Gasteiger partial charge on any atom is -0.496 e. The third-order valence-electron chi connectivity index (χ3n) is 5.53. The first-order chi connectivity index (χ1) is 14.3. The van der Waals surface area contributed by atoms with E-state index in [0.717, 1.165) is 11.4 Å². The van der Waals surface area contributed by atoms with Gasteiger partial charge in [0.2, 0.25) is 0 Å². The zero-order valence-corrected chi connectivity index (χ0v) is 19.2. The Morgan fingerprint density at radius 3 is 1.33 bits per heavy atom. The first-order valence-electron chi connectivity index (χ1n) is 10.2. The molecule has 0 aliphatic rings. The van der Waals surface area contributed by atoms with Gasteiger partial charge < -0.3 is 19.4 Å². The Labute approximate surface area is 181 Å². The molecule has 0 saturated carbocycles. The van der Waals surface area contributed by atoms with Gasteiger partial charge in [0.1, 0.15) is 5.75 Å².